The smallest absolute Gasteiger partial charge is 0.264 e. The van der Waals surface area contributed by atoms with Crippen molar-refractivity contribution in [2.75, 3.05) is 13.7 Å². The zero-order valence-corrected chi connectivity index (χ0v) is 20.6. The van der Waals surface area contributed by atoms with Crippen molar-refractivity contribution in [1.82, 2.24) is 9.71 Å². The fourth-order valence-electron chi connectivity index (χ4n) is 3.97. The molecular weight excluding hydrogens is 468 g/mol. The quantitative estimate of drug-likeness (QED) is 0.507. The van der Waals surface area contributed by atoms with Gasteiger partial charge in [0, 0.05) is 11.5 Å². The standard InChI is InChI=1S/C26H28N2O6S/c1-17-6-4-5-7-25(17)35(30,31)28-26(29)24-14-20(18(2)34-24)16-33-21-10-8-19(9-11-21)23-13-12-22(32-3)15-27-23/h4-13,15,18,20,24H,14,16H2,1-3H3,(H,28,29). The van der Waals surface area contributed by atoms with E-state index in [1.165, 1.54) is 6.07 Å². The number of hydrogen-bond acceptors (Lipinski definition) is 7. The van der Waals surface area contributed by atoms with Gasteiger partial charge in [0.2, 0.25) is 0 Å². The third kappa shape index (κ3) is 5.80. The fourth-order valence-corrected chi connectivity index (χ4v) is 5.23. The molecule has 184 valence electrons. The van der Waals surface area contributed by atoms with E-state index in [9.17, 15) is 13.2 Å². The van der Waals surface area contributed by atoms with Gasteiger partial charge in [-0.3, -0.25) is 9.78 Å². The van der Waals surface area contributed by atoms with Crippen LogP contribution in [-0.4, -0.2) is 45.2 Å². The zero-order chi connectivity index (χ0) is 25.0. The van der Waals surface area contributed by atoms with Gasteiger partial charge < -0.3 is 14.2 Å². The summed E-state index contributed by atoms with van der Waals surface area (Å²) in [5.74, 6) is 0.652. The minimum Gasteiger partial charge on any atom is -0.495 e. The largest absolute Gasteiger partial charge is 0.495 e. The van der Waals surface area contributed by atoms with Crippen LogP contribution >= 0.6 is 0 Å². The summed E-state index contributed by atoms with van der Waals surface area (Å²) in [6, 6.07) is 17.8. The van der Waals surface area contributed by atoms with Crippen molar-refractivity contribution in [3.8, 4) is 22.8 Å². The molecule has 2 aromatic carbocycles. The molecule has 1 amide bonds. The molecule has 2 heterocycles. The summed E-state index contributed by atoms with van der Waals surface area (Å²) < 4.78 is 44.2. The van der Waals surface area contributed by atoms with Crippen molar-refractivity contribution >= 4 is 15.9 Å². The highest BCUT2D eigenvalue weighted by Crippen LogP contribution is 2.29. The molecule has 1 saturated heterocycles. The van der Waals surface area contributed by atoms with Gasteiger partial charge in [-0.05, 0) is 68.3 Å². The van der Waals surface area contributed by atoms with Gasteiger partial charge in [-0.25, -0.2) is 13.1 Å². The van der Waals surface area contributed by atoms with Crippen molar-refractivity contribution in [2.24, 2.45) is 5.92 Å². The number of aromatic nitrogens is 1. The van der Waals surface area contributed by atoms with Gasteiger partial charge in [0.05, 0.1) is 36.6 Å². The molecule has 0 bridgehead atoms. The number of methoxy groups -OCH3 is 1. The maximum atomic E-state index is 12.7. The minimum absolute atomic E-state index is 0.0603. The Kier molecular flexibility index (Phi) is 7.37. The first-order valence-electron chi connectivity index (χ1n) is 11.3. The lowest BCUT2D eigenvalue weighted by molar-refractivity contribution is -0.129. The molecular formula is C26H28N2O6S. The van der Waals surface area contributed by atoms with Crippen molar-refractivity contribution in [1.29, 1.82) is 0 Å². The van der Waals surface area contributed by atoms with Crippen LogP contribution in [0.5, 0.6) is 11.5 Å². The van der Waals surface area contributed by atoms with E-state index in [-0.39, 0.29) is 16.9 Å². The van der Waals surface area contributed by atoms with E-state index in [4.69, 9.17) is 14.2 Å². The maximum Gasteiger partial charge on any atom is 0.264 e. The number of ether oxygens (including phenoxy) is 3. The van der Waals surface area contributed by atoms with Crippen molar-refractivity contribution in [3.05, 3.63) is 72.4 Å². The molecule has 3 atom stereocenters. The molecule has 0 radical (unpaired) electrons. The molecule has 1 aromatic heterocycles. The fraction of sp³-hybridized carbons (Fsp3) is 0.308. The van der Waals surface area contributed by atoms with Crippen LogP contribution in [-0.2, 0) is 19.6 Å². The van der Waals surface area contributed by atoms with Gasteiger partial charge in [-0.2, -0.15) is 0 Å². The number of carbonyl (C=O) groups excluding carboxylic acids is 1. The highest BCUT2D eigenvalue weighted by Gasteiger charge is 2.38. The highest BCUT2D eigenvalue weighted by atomic mass is 32.2. The van der Waals surface area contributed by atoms with Gasteiger partial charge in [-0.1, -0.05) is 18.2 Å². The topological polar surface area (TPSA) is 104 Å². The number of nitrogens with one attached hydrogen (secondary N) is 1. The molecule has 0 aliphatic carbocycles. The number of rotatable bonds is 8. The van der Waals surface area contributed by atoms with Gasteiger partial charge in [0.1, 0.15) is 17.6 Å². The molecule has 3 unspecified atom stereocenters. The first-order valence-corrected chi connectivity index (χ1v) is 12.8. The molecule has 9 heteroatoms. The Balaban J connectivity index is 1.32. The van der Waals surface area contributed by atoms with E-state index in [0.29, 0.717) is 30.1 Å². The highest BCUT2D eigenvalue weighted by molar-refractivity contribution is 7.90. The third-order valence-corrected chi connectivity index (χ3v) is 7.56. The lowest BCUT2D eigenvalue weighted by Crippen LogP contribution is -2.38. The molecule has 35 heavy (non-hydrogen) atoms. The Morgan fingerprint density at radius 1 is 1.09 bits per heavy atom. The summed E-state index contributed by atoms with van der Waals surface area (Å²) in [6.45, 7) is 3.88. The van der Waals surface area contributed by atoms with Crippen LogP contribution in [0.2, 0.25) is 0 Å². The van der Waals surface area contributed by atoms with Gasteiger partial charge in [0.15, 0.2) is 0 Å². The maximum absolute atomic E-state index is 12.7. The van der Waals surface area contributed by atoms with Crippen LogP contribution in [0.15, 0.2) is 71.8 Å². The third-order valence-electron chi connectivity index (χ3n) is 6.06. The molecule has 1 aliphatic rings. The van der Waals surface area contributed by atoms with Crippen LogP contribution in [0.25, 0.3) is 11.3 Å². The first kappa shape index (κ1) is 24.7. The van der Waals surface area contributed by atoms with Crippen LogP contribution in [0.4, 0.5) is 0 Å². The lowest BCUT2D eigenvalue weighted by atomic mass is 10.0. The molecule has 8 nitrogen and oxygen atoms in total. The van der Waals surface area contributed by atoms with Crippen LogP contribution < -0.4 is 14.2 Å². The summed E-state index contributed by atoms with van der Waals surface area (Å²) >= 11 is 0. The Labute approximate surface area is 205 Å². The number of nitrogens with zero attached hydrogens (tertiary/aromatic N) is 1. The number of amides is 1. The summed E-state index contributed by atoms with van der Waals surface area (Å²) in [7, 11) is -2.37. The number of carbonyl (C=O) groups is 1. The molecule has 1 fully saturated rings. The first-order chi connectivity index (χ1) is 16.8. The summed E-state index contributed by atoms with van der Waals surface area (Å²) in [6.07, 6.45) is 0.917. The Bertz CT molecular complexity index is 1280. The number of sulfonamides is 1. The Hall–Kier alpha value is -3.43. The number of benzene rings is 2. The number of pyridine rings is 1. The van der Waals surface area contributed by atoms with E-state index in [0.717, 1.165) is 11.3 Å². The molecule has 3 aromatic rings. The van der Waals surface area contributed by atoms with Crippen molar-refractivity contribution < 1.29 is 27.4 Å². The minimum atomic E-state index is -3.97. The number of hydrogen-bond donors (Lipinski definition) is 1. The average Bonchev–Trinajstić information content (AvgIpc) is 3.23. The van der Waals surface area contributed by atoms with E-state index in [1.807, 2.05) is 43.3 Å². The van der Waals surface area contributed by atoms with Crippen LogP contribution in [0.1, 0.15) is 18.9 Å². The molecule has 0 saturated carbocycles. The second-order valence-electron chi connectivity index (χ2n) is 8.48. The predicted molar refractivity (Wildman–Crippen MR) is 131 cm³/mol. The van der Waals surface area contributed by atoms with E-state index < -0.39 is 22.0 Å². The second-order valence-corrected chi connectivity index (χ2v) is 10.1. The normalized spacial score (nSPS) is 19.8. The number of aryl methyl sites for hydroxylation is 1. The van der Waals surface area contributed by atoms with E-state index in [2.05, 4.69) is 9.71 Å². The molecule has 0 spiro atoms. The zero-order valence-electron chi connectivity index (χ0n) is 19.8. The summed E-state index contributed by atoms with van der Waals surface area (Å²) in [5, 5.41) is 0. The molecule has 1 N–H and O–H groups in total. The lowest BCUT2D eigenvalue weighted by Gasteiger charge is -2.15. The van der Waals surface area contributed by atoms with E-state index >= 15 is 0 Å². The monoisotopic (exact) mass is 496 g/mol. The predicted octanol–water partition coefficient (Wildman–Crippen LogP) is 3.74. The molecule has 4 rings (SSSR count). The second kappa shape index (κ2) is 10.5. The SMILES string of the molecule is COc1ccc(-c2ccc(OCC3CC(C(=O)NS(=O)(=O)c4ccccc4C)OC3C)cc2)nc1. The van der Waals surface area contributed by atoms with Crippen molar-refractivity contribution in [3.63, 3.8) is 0 Å². The van der Waals surface area contributed by atoms with Gasteiger partial charge >= 0.3 is 0 Å². The van der Waals surface area contributed by atoms with Gasteiger partial charge in [-0.15, -0.1) is 0 Å². The summed E-state index contributed by atoms with van der Waals surface area (Å²) in [5.41, 5.74) is 2.34. The van der Waals surface area contributed by atoms with Gasteiger partial charge in [0.25, 0.3) is 15.9 Å². The van der Waals surface area contributed by atoms with Crippen molar-refractivity contribution in [2.45, 2.75) is 37.4 Å². The Morgan fingerprint density at radius 3 is 2.46 bits per heavy atom. The van der Waals surface area contributed by atoms with Crippen LogP contribution in [0.3, 0.4) is 0 Å². The Morgan fingerprint density at radius 2 is 1.80 bits per heavy atom. The van der Waals surface area contributed by atoms with Crippen LogP contribution in [0, 0.1) is 12.8 Å². The van der Waals surface area contributed by atoms with E-state index in [1.54, 1.807) is 38.4 Å². The molecule has 1 aliphatic heterocycles. The summed E-state index contributed by atoms with van der Waals surface area (Å²) in [4.78, 5) is 17.1. The average molecular weight is 497 g/mol.